The lowest BCUT2D eigenvalue weighted by atomic mass is 9.91. The van der Waals surface area contributed by atoms with Gasteiger partial charge in [-0.1, -0.05) is 73.3 Å². The summed E-state index contributed by atoms with van der Waals surface area (Å²) < 4.78 is 81.9. The van der Waals surface area contributed by atoms with E-state index in [2.05, 4.69) is 101 Å². The van der Waals surface area contributed by atoms with Crippen LogP contribution in [0, 0.1) is 17.8 Å². The Balaban J connectivity index is -0.000000878. The molecule has 3 aliphatic heterocycles. The molecule has 0 aliphatic carbocycles. The van der Waals surface area contributed by atoms with Crippen LogP contribution < -0.4 is 106 Å². The van der Waals surface area contributed by atoms with Crippen LogP contribution >= 0.6 is 109 Å². The SMILES string of the molecule is CC(C)(C)OC(=O)NC(=NCCCN1CCC(CCCCN=C(N)NC(=O)c2nc(Cl)c(N)nc2N)CC1)NC(=O)OC(C)(C)C.CC(C)(C)OC(=O)NC(=NS(=O)(=O)C(F)(F)F)NC(=O)OC(C)(C)C.Cl.Cl.Cl.Cl.Cl.Cl.NC(N)=NCCCN1CCC(CCCCN=C(N)NC(=O)c2nc(Cl)c(N)nc2N)CC1.NCCCN1CCC(CCCCN=C(N)NC(=O)c2nc(Cl)c(N)nc2N)CC1. The van der Waals surface area contributed by atoms with Crippen molar-refractivity contribution in [3.8, 4) is 0 Å². The minimum atomic E-state index is -6.03. The Kier molecular flexibility index (Phi) is 65.0. The van der Waals surface area contributed by atoms with E-state index in [1.54, 1.807) is 52.2 Å². The van der Waals surface area contributed by atoms with Crippen molar-refractivity contribution >= 4 is 232 Å². The molecule has 138 heavy (non-hydrogen) atoms. The first kappa shape index (κ1) is 135. The van der Waals surface area contributed by atoms with E-state index in [9.17, 15) is 55.2 Å². The monoisotopic (exact) mass is 2170 g/mol. The maximum absolute atomic E-state index is 12.4. The number of aromatic nitrogens is 6. The van der Waals surface area contributed by atoms with Gasteiger partial charge >= 0.3 is 39.9 Å². The van der Waals surface area contributed by atoms with Crippen molar-refractivity contribution < 1.29 is 74.1 Å². The number of unbranched alkanes of at least 4 members (excludes halogenated alkanes) is 3. The molecule has 0 bridgehead atoms. The summed E-state index contributed by atoms with van der Waals surface area (Å²) in [5, 5.41) is 15.2. The lowest BCUT2D eigenvalue weighted by Crippen LogP contribution is -2.48. The fraction of sp³-hybridized carbons (Fsp3) is 0.679. The van der Waals surface area contributed by atoms with Crippen molar-refractivity contribution in [2.45, 2.75) is 227 Å². The Hall–Kier alpha value is -9.26. The average Bonchev–Trinajstić information content (AvgIpc) is 0.799. The minimum absolute atomic E-state index is 0. The average molecular weight is 2170 g/mol. The molecule has 3 aromatic heterocycles. The van der Waals surface area contributed by atoms with Crippen LogP contribution in [0.15, 0.2) is 29.4 Å². The molecule has 792 valence electrons. The predicted molar refractivity (Wildman–Crippen MR) is 548 cm³/mol. The third-order valence-electron chi connectivity index (χ3n) is 18.6. The van der Waals surface area contributed by atoms with Crippen LogP contribution in [0.5, 0.6) is 0 Å². The Morgan fingerprint density at radius 1 is 0.370 bits per heavy atom. The van der Waals surface area contributed by atoms with Crippen molar-refractivity contribution in [1.29, 1.82) is 0 Å². The third-order valence-corrected chi connectivity index (χ3v) is 20.4. The van der Waals surface area contributed by atoms with E-state index in [-0.39, 0.29) is 172 Å². The van der Waals surface area contributed by atoms with Crippen LogP contribution in [0.4, 0.5) is 67.3 Å². The number of hydrogen-bond acceptors (Lipinski definition) is 34. The normalized spacial score (nSPS) is 14.2. The number of anilines is 6. The van der Waals surface area contributed by atoms with Crippen LogP contribution in [0.3, 0.4) is 0 Å². The molecule has 0 atom stereocenters. The third kappa shape index (κ3) is 58.7. The van der Waals surface area contributed by atoms with Crippen LogP contribution in [-0.4, -0.2) is 257 Å². The molecule has 3 aliphatic rings. The molecular formula is C78H142Cl9F3N34O13S. The first-order valence-electron chi connectivity index (χ1n) is 42.9. The van der Waals surface area contributed by atoms with Crippen LogP contribution in [-0.2, 0) is 29.0 Å². The van der Waals surface area contributed by atoms with E-state index in [1.165, 1.54) is 93.2 Å². The van der Waals surface area contributed by atoms with Crippen molar-refractivity contribution in [2.24, 2.45) is 81.5 Å². The quantitative estimate of drug-likeness (QED) is 0.0129. The molecule has 3 saturated heterocycles. The summed E-state index contributed by atoms with van der Waals surface area (Å²) in [7, 11) is -6.03. The number of halogens is 12. The number of carbonyl (C=O) groups excluding carboxylic acids is 7. The number of nitrogens with zero attached hydrogens (tertiary/aromatic N) is 15. The fourth-order valence-corrected chi connectivity index (χ4v) is 13.3. The van der Waals surface area contributed by atoms with Gasteiger partial charge in [0.2, 0.25) is 11.9 Å². The topological polar surface area (TPSA) is 748 Å². The second-order valence-electron chi connectivity index (χ2n) is 34.7. The smallest absolute Gasteiger partial charge is 0.444 e. The van der Waals surface area contributed by atoms with Crippen molar-refractivity contribution in [1.82, 2.24) is 81.8 Å². The van der Waals surface area contributed by atoms with Crippen molar-refractivity contribution in [3.63, 3.8) is 0 Å². The van der Waals surface area contributed by atoms with Crippen LogP contribution in [0.25, 0.3) is 0 Å². The molecule has 6 heterocycles. The number of alkyl carbamates (subject to hydrolysis) is 4. The molecule has 6 rings (SSSR count). The molecule has 47 nitrogen and oxygen atoms in total. The Bertz CT molecular complexity index is 4510. The van der Waals surface area contributed by atoms with Crippen molar-refractivity contribution in [2.75, 3.05) is 133 Å². The number of ether oxygens (including phenoxy) is 4. The van der Waals surface area contributed by atoms with E-state index < -0.39 is 86.0 Å². The van der Waals surface area contributed by atoms with Gasteiger partial charge in [0.25, 0.3) is 17.7 Å². The number of likely N-dealkylation sites (tertiary alicyclic amines) is 3. The number of hydrogen-bond donors (Lipinski definition) is 19. The zero-order valence-corrected chi connectivity index (χ0v) is 87.6. The van der Waals surface area contributed by atoms with Gasteiger partial charge in [-0.2, -0.15) is 21.6 Å². The second kappa shape index (κ2) is 66.4. The largest absolute Gasteiger partial charge is 0.518 e. The molecule has 31 N–H and O–H groups in total. The fourth-order valence-electron chi connectivity index (χ4n) is 12.5. The predicted octanol–water partition coefficient (Wildman–Crippen LogP) is 8.24. The number of nitrogen functional groups attached to an aromatic ring is 6. The summed E-state index contributed by atoms with van der Waals surface area (Å²) in [4.78, 5) is 136. The Morgan fingerprint density at radius 3 is 0.862 bits per heavy atom. The lowest BCUT2D eigenvalue weighted by Gasteiger charge is -2.31. The summed E-state index contributed by atoms with van der Waals surface area (Å²) in [5.41, 5.74) is 57.5. The summed E-state index contributed by atoms with van der Waals surface area (Å²) in [5.74, 6) is -1.53. The summed E-state index contributed by atoms with van der Waals surface area (Å²) in [6.07, 6.45) is 15.1. The van der Waals surface area contributed by atoms with Gasteiger partial charge in [0.05, 0.1) is 0 Å². The number of rotatable bonds is 30. The minimum Gasteiger partial charge on any atom is -0.444 e. The highest BCUT2D eigenvalue weighted by Gasteiger charge is 2.47. The Morgan fingerprint density at radius 2 is 0.616 bits per heavy atom. The molecule has 7 amide bonds. The first-order valence-corrected chi connectivity index (χ1v) is 45.4. The molecule has 0 spiro atoms. The van der Waals surface area contributed by atoms with Gasteiger partial charge in [0.15, 0.2) is 91.3 Å². The summed E-state index contributed by atoms with van der Waals surface area (Å²) >= 11 is 17.4. The standard InChI is InChI=1S/C29H50ClN11O5.C19H34ClN11O.C18H32ClN9O.C12H20F3N3O6S.6ClH/c1-28(2,3)45-26(43)39-25(40-27(44)46-29(4,5)6)35-14-9-15-41-16-11-18(12-17-41)10-7-8-13-34-24(33)38-23(42)19-21(31)37-22(32)20(30)36-19;20-14-16(22)29-15(21)13(28-14)17(32)30-19(25)27-7-2-1-4-12-5-10-31(11-6-12)9-3-8-26-18(23)24;19-14-16(22)26-15(21)13(25-14)17(29)27-18(23)24-8-2-1-4-12-5-10-28(11-6-12)9-3-7-20;1-10(2,3)23-8(19)16-7(17-9(20)24-11(4,5)6)18-25(21,22)12(13,14)15;;;;;;/h18H,7-17H2,1-6H3,(H4,31,32,37)(H3,33,34,38,42)(H2,35,39,40,43,44);12H,1-11H2,(H4,21,22,29)(H4,23,24,26)(H3,25,27,30,32);12H,1-11,20H2,(H4,21,22,26)(H3,23,24,27,29);1-6H3,(H2,16,17,18,19,20);6*1H. The molecule has 3 aromatic rings. The van der Waals surface area contributed by atoms with E-state index in [1.807, 2.05) is 0 Å². The van der Waals surface area contributed by atoms with Crippen LogP contribution in [0.1, 0.15) is 230 Å². The number of carbonyl (C=O) groups is 7. The van der Waals surface area contributed by atoms with E-state index in [0.29, 0.717) is 38.6 Å². The zero-order chi connectivity index (χ0) is 99.5. The van der Waals surface area contributed by atoms with E-state index in [0.717, 1.165) is 141 Å². The van der Waals surface area contributed by atoms with Gasteiger partial charge < -0.3 is 102 Å². The molecule has 3 fully saturated rings. The van der Waals surface area contributed by atoms with E-state index in [4.69, 9.17) is 123 Å². The second-order valence-corrected chi connectivity index (χ2v) is 37.3. The highest BCUT2D eigenvalue weighted by Crippen LogP contribution is 2.29. The number of amides is 7. The molecule has 0 unspecified atom stereocenters. The highest BCUT2D eigenvalue weighted by atomic mass is 35.5. The zero-order valence-electron chi connectivity index (χ0n) is 79.6. The summed E-state index contributed by atoms with van der Waals surface area (Å²) in [6, 6.07) is 0. The number of piperidine rings is 3. The lowest BCUT2D eigenvalue weighted by molar-refractivity contribution is -0.0436. The molecule has 0 saturated carbocycles. The number of alkyl halides is 3. The van der Waals surface area contributed by atoms with Gasteiger partial charge in [-0.05, 0) is 243 Å². The van der Waals surface area contributed by atoms with E-state index >= 15 is 0 Å². The van der Waals surface area contributed by atoms with Gasteiger partial charge in [-0.15, -0.1) is 78.8 Å². The van der Waals surface area contributed by atoms with Crippen LogP contribution in [0.2, 0.25) is 15.5 Å². The number of nitrogens with two attached hydrogens (primary N) is 12. The number of guanidine groups is 6. The van der Waals surface area contributed by atoms with Gasteiger partial charge in [0, 0.05) is 32.7 Å². The van der Waals surface area contributed by atoms with Gasteiger partial charge in [-0.25, -0.2) is 49.1 Å². The molecule has 60 heteroatoms. The maximum Gasteiger partial charge on any atom is 0.518 e. The van der Waals surface area contributed by atoms with Gasteiger partial charge in [0.1, 0.15) is 22.4 Å². The number of aliphatic imine (C=N–C) groups is 5. The summed E-state index contributed by atoms with van der Waals surface area (Å²) in [6.45, 7) is 32.2. The first-order chi connectivity index (χ1) is 61.4. The highest BCUT2D eigenvalue weighted by molar-refractivity contribution is 7.91. The van der Waals surface area contributed by atoms with Gasteiger partial charge in [-0.3, -0.25) is 76.6 Å². The molecule has 0 radical (unpaired) electrons. The van der Waals surface area contributed by atoms with Crippen molar-refractivity contribution in [3.05, 3.63) is 32.5 Å². The maximum atomic E-state index is 12.4. The Labute approximate surface area is 855 Å². The molecular weight excluding hydrogens is 2030 g/mol. The number of sulfonamides is 1. The number of nitrogens with one attached hydrogen (secondary N) is 7. The molecule has 0 aromatic carbocycles.